The van der Waals surface area contributed by atoms with Gasteiger partial charge in [-0.05, 0) is 43.1 Å². The first kappa shape index (κ1) is 16.8. The number of H-pyrrole nitrogens is 1. The van der Waals surface area contributed by atoms with E-state index >= 15 is 0 Å². The largest absolute Gasteiger partial charge is 0.361 e. The monoisotopic (exact) mass is 348 g/mol. The van der Waals surface area contributed by atoms with E-state index in [1.54, 1.807) is 0 Å². The molecule has 1 amide bonds. The van der Waals surface area contributed by atoms with Crippen molar-refractivity contribution < 1.29 is 4.79 Å². The molecule has 1 fully saturated rings. The van der Waals surface area contributed by atoms with Crippen LogP contribution in [0.5, 0.6) is 0 Å². The van der Waals surface area contributed by atoms with Crippen molar-refractivity contribution >= 4 is 16.8 Å². The van der Waals surface area contributed by atoms with E-state index in [0.29, 0.717) is 6.42 Å². The minimum atomic E-state index is 0.0967. The van der Waals surface area contributed by atoms with Crippen LogP contribution in [0.15, 0.2) is 54.9 Å². The van der Waals surface area contributed by atoms with Crippen molar-refractivity contribution in [3.63, 3.8) is 0 Å². The van der Waals surface area contributed by atoms with Gasteiger partial charge in [-0.15, -0.1) is 0 Å². The van der Waals surface area contributed by atoms with Gasteiger partial charge in [0, 0.05) is 42.4 Å². The summed E-state index contributed by atoms with van der Waals surface area (Å²) in [5.74, 6) is 0.0967. The maximum atomic E-state index is 12.5. The molecular weight excluding hydrogens is 324 g/mol. The Morgan fingerprint density at radius 3 is 3.00 bits per heavy atom. The molecule has 1 aromatic carbocycles. The Kier molecular flexibility index (Phi) is 4.97. The SMILES string of the molecule is O=C(Cc1c[nH]c2ccccc12)NC1CCCN(Cc2ccccn2)C1. The van der Waals surface area contributed by atoms with Gasteiger partial charge >= 0.3 is 0 Å². The fourth-order valence-corrected chi connectivity index (χ4v) is 3.77. The highest BCUT2D eigenvalue weighted by molar-refractivity contribution is 5.88. The third-order valence-corrected chi connectivity index (χ3v) is 5.01. The van der Waals surface area contributed by atoms with E-state index < -0.39 is 0 Å². The van der Waals surface area contributed by atoms with Gasteiger partial charge in [-0.2, -0.15) is 0 Å². The molecule has 2 N–H and O–H groups in total. The Morgan fingerprint density at radius 2 is 2.12 bits per heavy atom. The number of likely N-dealkylation sites (tertiary alicyclic amines) is 1. The van der Waals surface area contributed by atoms with Gasteiger partial charge in [0.25, 0.3) is 0 Å². The average molecular weight is 348 g/mol. The normalized spacial score (nSPS) is 18.1. The molecule has 5 nitrogen and oxygen atoms in total. The first-order valence-corrected chi connectivity index (χ1v) is 9.24. The fourth-order valence-electron chi connectivity index (χ4n) is 3.77. The average Bonchev–Trinajstić information content (AvgIpc) is 3.06. The summed E-state index contributed by atoms with van der Waals surface area (Å²) in [5.41, 5.74) is 3.21. The van der Waals surface area contributed by atoms with Crippen LogP contribution in [0.1, 0.15) is 24.1 Å². The molecule has 1 aliphatic heterocycles. The second-order valence-electron chi connectivity index (χ2n) is 7.00. The zero-order valence-corrected chi connectivity index (χ0v) is 14.8. The van der Waals surface area contributed by atoms with Gasteiger partial charge in [0.15, 0.2) is 0 Å². The molecule has 4 rings (SSSR count). The number of piperidine rings is 1. The van der Waals surface area contributed by atoms with Crippen LogP contribution in [0, 0.1) is 0 Å². The predicted octanol–water partition coefficient (Wildman–Crippen LogP) is 2.89. The number of nitrogens with zero attached hydrogens (tertiary/aromatic N) is 2. The second-order valence-corrected chi connectivity index (χ2v) is 7.00. The van der Waals surface area contributed by atoms with Crippen molar-refractivity contribution in [2.45, 2.75) is 31.8 Å². The summed E-state index contributed by atoms with van der Waals surface area (Å²) in [6.45, 7) is 2.79. The molecule has 1 saturated heterocycles. The summed E-state index contributed by atoms with van der Waals surface area (Å²) in [5, 5.41) is 4.35. The maximum absolute atomic E-state index is 12.5. The standard InChI is InChI=1S/C21H24N4O/c26-21(12-16-13-23-20-9-2-1-8-19(16)20)24-18-7-5-11-25(15-18)14-17-6-3-4-10-22-17/h1-4,6,8-10,13,18,23H,5,7,11-12,14-15H2,(H,24,26). The summed E-state index contributed by atoms with van der Waals surface area (Å²) in [4.78, 5) is 22.6. The third-order valence-electron chi connectivity index (χ3n) is 5.01. The number of aromatic amines is 1. The molecule has 0 saturated carbocycles. The Labute approximate surface area is 153 Å². The van der Waals surface area contributed by atoms with Gasteiger partial charge in [-0.1, -0.05) is 24.3 Å². The van der Waals surface area contributed by atoms with Gasteiger partial charge in [-0.25, -0.2) is 0 Å². The summed E-state index contributed by atoms with van der Waals surface area (Å²) in [7, 11) is 0. The molecule has 2 aromatic heterocycles. The number of carbonyl (C=O) groups is 1. The summed E-state index contributed by atoms with van der Waals surface area (Å²) in [6, 6.07) is 14.3. The number of aromatic nitrogens is 2. The molecular formula is C21H24N4O. The lowest BCUT2D eigenvalue weighted by Gasteiger charge is -2.32. The zero-order chi connectivity index (χ0) is 17.8. The van der Waals surface area contributed by atoms with E-state index in [0.717, 1.165) is 54.6 Å². The number of pyridine rings is 1. The molecule has 0 bridgehead atoms. The van der Waals surface area contributed by atoms with Crippen LogP contribution in [0.2, 0.25) is 0 Å². The minimum absolute atomic E-state index is 0.0967. The number of nitrogens with one attached hydrogen (secondary N) is 2. The molecule has 0 spiro atoms. The van der Waals surface area contributed by atoms with Gasteiger partial charge in [0.1, 0.15) is 0 Å². The summed E-state index contributed by atoms with van der Waals surface area (Å²) >= 11 is 0. The topological polar surface area (TPSA) is 61.0 Å². The third kappa shape index (κ3) is 3.94. The number of para-hydroxylation sites is 1. The van der Waals surface area contributed by atoms with Gasteiger partial charge in [0.2, 0.25) is 5.91 Å². The predicted molar refractivity (Wildman–Crippen MR) is 103 cm³/mol. The van der Waals surface area contributed by atoms with Gasteiger partial charge in [0.05, 0.1) is 12.1 Å². The lowest BCUT2D eigenvalue weighted by atomic mass is 10.0. The molecule has 3 heterocycles. The van der Waals surface area contributed by atoms with Crippen LogP contribution in [0.3, 0.4) is 0 Å². The summed E-state index contributed by atoms with van der Waals surface area (Å²) in [6.07, 6.45) is 6.34. The van der Waals surface area contributed by atoms with Crippen molar-refractivity contribution in [1.82, 2.24) is 20.2 Å². The molecule has 1 atom stereocenters. The van der Waals surface area contributed by atoms with Crippen LogP contribution >= 0.6 is 0 Å². The number of carbonyl (C=O) groups excluding carboxylic acids is 1. The van der Waals surface area contributed by atoms with Crippen molar-refractivity contribution in [2.24, 2.45) is 0 Å². The molecule has 1 aliphatic rings. The number of rotatable bonds is 5. The van der Waals surface area contributed by atoms with E-state index in [1.165, 1.54) is 0 Å². The molecule has 0 radical (unpaired) electrons. The lowest BCUT2D eigenvalue weighted by molar-refractivity contribution is -0.121. The number of fused-ring (bicyclic) bond motifs is 1. The number of amides is 1. The molecule has 3 aromatic rings. The van der Waals surface area contributed by atoms with Crippen LogP contribution < -0.4 is 5.32 Å². The number of hydrogen-bond acceptors (Lipinski definition) is 3. The Bertz CT molecular complexity index is 874. The van der Waals surface area contributed by atoms with Crippen LogP contribution in [0.4, 0.5) is 0 Å². The van der Waals surface area contributed by atoms with Crippen LogP contribution in [-0.2, 0) is 17.8 Å². The van der Waals surface area contributed by atoms with E-state index in [1.807, 2.05) is 42.7 Å². The van der Waals surface area contributed by atoms with Gasteiger partial charge < -0.3 is 10.3 Å². The number of benzene rings is 1. The zero-order valence-electron chi connectivity index (χ0n) is 14.8. The highest BCUT2D eigenvalue weighted by Crippen LogP contribution is 2.18. The Hall–Kier alpha value is -2.66. The minimum Gasteiger partial charge on any atom is -0.361 e. The van der Waals surface area contributed by atoms with Gasteiger partial charge in [-0.3, -0.25) is 14.7 Å². The fraction of sp³-hybridized carbons (Fsp3) is 0.333. The lowest BCUT2D eigenvalue weighted by Crippen LogP contribution is -2.47. The molecule has 134 valence electrons. The first-order chi connectivity index (χ1) is 12.8. The van der Waals surface area contributed by atoms with Crippen molar-refractivity contribution in [2.75, 3.05) is 13.1 Å². The molecule has 0 aliphatic carbocycles. The Balaban J connectivity index is 1.33. The van der Waals surface area contributed by atoms with E-state index in [9.17, 15) is 4.79 Å². The van der Waals surface area contributed by atoms with Crippen molar-refractivity contribution in [1.29, 1.82) is 0 Å². The Morgan fingerprint density at radius 1 is 1.23 bits per heavy atom. The highest BCUT2D eigenvalue weighted by atomic mass is 16.1. The molecule has 1 unspecified atom stereocenters. The van der Waals surface area contributed by atoms with Crippen LogP contribution in [-0.4, -0.2) is 39.9 Å². The molecule has 26 heavy (non-hydrogen) atoms. The smallest absolute Gasteiger partial charge is 0.224 e. The van der Waals surface area contributed by atoms with Crippen molar-refractivity contribution in [3.05, 3.63) is 66.1 Å². The highest BCUT2D eigenvalue weighted by Gasteiger charge is 2.22. The van der Waals surface area contributed by atoms with E-state index in [2.05, 4.69) is 32.3 Å². The number of hydrogen-bond donors (Lipinski definition) is 2. The van der Waals surface area contributed by atoms with Crippen molar-refractivity contribution in [3.8, 4) is 0 Å². The quantitative estimate of drug-likeness (QED) is 0.745. The van der Waals surface area contributed by atoms with Crippen LogP contribution in [0.25, 0.3) is 10.9 Å². The second kappa shape index (κ2) is 7.70. The maximum Gasteiger partial charge on any atom is 0.224 e. The van der Waals surface area contributed by atoms with E-state index in [4.69, 9.17) is 0 Å². The van der Waals surface area contributed by atoms with E-state index in [-0.39, 0.29) is 11.9 Å². The molecule has 5 heteroatoms. The summed E-state index contributed by atoms with van der Waals surface area (Å²) < 4.78 is 0. The first-order valence-electron chi connectivity index (χ1n) is 9.24.